The average Bonchev–Trinajstić information content (AvgIpc) is 2.46. The summed E-state index contributed by atoms with van der Waals surface area (Å²) in [4.78, 5) is 23.4. The first-order chi connectivity index (χ1) is 10.3. The quantitative estimate of drug-likeness (QED) is 0.896. The molecule has 7 heteroatoms. The van der Waals surface area contributed by atoms with E-state index in [1.165, 1.54) is 18.2 Å². The third kappa shape index (κ3) is 3.58. The second-order valence-corrected chi connectivity index (χ2v) is 5.37. The number of hydrogen-bond acceptors (Lipinski definition) is 2. The number of benzene rings is 1. The van der Waals surface area contributed by atoms with E-state index in [9.17, 15) is 22.8 Å². The summed E-state index contributed by atoms with van der Waals surface area (Å²) in [7, 11) is 0. The monoisotopic (exact) mass is 315 g/mol. The van der Waals surface area contributed by atoms with Gasteiger partial charge in [-0.1, -0.05) is 25.0 Å². The van der Waals surface area contributed by atoms with E-state index >= 15 is 0 Å². The summed E-state index contributed by atoms with van der Waals surface area (Å²) in [5, 5.41) is 11.4. The molecule has 1 amide bonds. The Morgan fingerprint density at radius 2 is 1.68 bits per heavy atom. The summed E-state index contributed by atoms with van der Waals surface area (Å²) in [5.74, 6) is -3.38. The summed E-state index contributed by atoms with van der Waals surface area (Å²) in [6.45, 7) is 0. The van der Waals surface area contributed by atoms with Crippen LogP contribution in [0.1, 0.15) is 31.2 Å². The highest BCUT2D eigenvalue weighted by Gasteiger charge is 2.38. The highest BCUT2D eigenvalue weighted by molar-refractivity contribution is 5.95. The molecule has 2 rings (SSSR count). The van der Waals surface area contributed by atoms with Crippen molar-refractivity contribution in [3.05, 3.63) is 29.8 Å². The van der Waals surface area contributed by atoms with Crippen LogP contribution in [0.5, 0.6) is 0 Å². The van der Waals surface area contributed by atoms with Gasteiger partial charge in [0, 0.05) is 0 Å². The summed E-state index contributed by atoms with van der Waals surface area (Å²) in [6, 6.07) is 4.67. The van der Waals surface area contributed by atoms with Crippen molar-refractivity contribution in [1.82, 2.24) is 0 Å². The van der Waals surface area contributed by atoms with E-state index in [-0.39, 0.29) is 5.69 Å². The van der Waals surface area contributed by atoms with Gasteiger partial charge in [0.05, 0.1) is 23.1 Å². The zero-order chi connectivity index (χ0) is 16.3. The maximum atomic E-state index is 12.9. The number of amides is 1. The highest BCUT2D eigenvalue weighted by atomic mass is 19.4. The number of para-hydroxylation sites is 1. The Labute approximate surface area is 125 Å². The second-order valence-electron chi connectivity index (χ2n) is 5.37. The van der Waals surface area contributed by atoms with Gasteiger partial charge in [0.1, 0.15) is 0 Å². The lowest BCUT2D eigenvalue weighted by atomic mass is 9.78. The Morgan fingerprint density at radius 1 is 1.09 bits per heavy atom. The van der Waals surface area contributed by atoms with Crippen LogP contribution < -0.4 is 5.32 Å². The van der Waals surface area contributed by atoms with Crippen LogP contribution in [0.3, 0.4) is 0 Å². The zero-order valence-electron chi connectivity index (χ0n) is 11.7. The van der Waals surface area contributed by atoms with Crippen molar-refractivity contribution in [2.45, 2.75) is 31.9 Å². The van der Waals surface area contributed by atoms with Crippen LogP contribution in [0.25, 0.3) is 0 Å². The maximum absolute atomic E-state index is 12.9. The molecule has 0 aliphatic heterocycles. The van der Waals surface area contributed by atoms with E-state index in [1.54, 1.807) is 0 Å². The van der Waals surface area contributed by atoms with Crippen LogP contribution in [0.15, 0.2) is 24.3 Å². The molecule has 4 nitrogen and oxygen atoms in total. The SMILES string of the molecule is O=C(O)[C@H]1CCCC[C@H]1C(=O)Nc1ccccc1C(F)(F)F. The van der Waals surface area contributed by atoms with Gasteiger partial charge in [-0.3, -0.25) is 9.59 Å². The lowest BCUT2D eigenvalue weighted by Gasteiger charge is -2.27. The van der Waals surface area contributed by atoms with Crippen LogP contribution in [0.2, 0.25) is 0 Å². The predicted octanol–water partition coefficient (Wildman–Crippen LogP) is 3.53. The van der Waals surface area contributed by atoms with Crippen molar-refractivity contribution < 1.29 is 27.9 Å². The van der Waals surface area contributed by atoms with E-state index in [4.69, 9.17) is 5.11 Å². The molecule has 0 radical (unpaired) electrons. The molecule has 1 fully saturated rings. The van der Waals surface area contributed by atoms with Crippen LogP contribution in [0, 0.1) is 11.8 Å². The largest absolute Gasteiger partial charge is 0.481 e. The van der Waals surface area contributed by atoms with E-state index < -0.39 is 35.5 Å². The molecule has 0 unspecified atom stereocenters. The number of carboxylic acids is 1. The van der Waals surface area contributed by atoms with Crippen molar-refractivity contribution in [3.63, 3.8) is 0 Å². The van der Waals surface area contributed by atoms with Gasteiger partial charge in [0.25, 0.3) is 0 Å². The van der Waals surface area contributed by atoms with E-state index in [2.05, 4.69) is 5.32 Å². The number of halogens is 3. The normalized spacial score (nSPS) is 22.1. The van der Waals surface area contributed by atoms with Gasteiger partial charge < -0.3 is 10.4 Å². The fourth-order valence-electron chi connectivity index (χ4n) is 2.81. The maximum Gasteiger partial charge on any atom is 0.418 e. The van der Waals surface area contributed by atoms with Gasteiger partial charge in [0.2, 0.25) is 5.91 Å². The number of carbonyl (C=O) groups is 2. The molecule has 1 saturated carbocycles. The molecule has 22 heavy (non-hydrogen) atoms. The van der Waals surface area contributed by atoms with Crippen LogP contribution >= 0.6 is 0 Å². The van der Waals surface area contributed by atoms with Gasteiger partial charge in [0.15, 0.2) is 0 Å². The molecule has 2 atom stereocenters. The topological polar surface area (TPSA) is 66.4 Å². The third-order valence-electron chi connectivity index (χ3n) is 3.91. The third-order valence-corrected chi connectivity index (χ3v) is 3.91. The number of carboxylic acid groups (broad SMARTS) is 1. The Morgan fingerprint density at radius 3 is 2.27 bits per heavy atom. The summed E-state index contributed by atoms with van der Waals surface area (Å²) in [6.07, 6.45) is -2.43. The van der Waals surface area contributed by atoms with Crippen molar-refractivity contribution in [1.29, 1.82) is 0 Å². The van der Waals surface area contributed by atoms with Crippen LogP contribution in [0.4, 0.5) is 18.9 Å². The first kappa shape index (κ1) is 16.3. The number of hydrogen-bond donors (Lipinski definition) is 2. The fourth-order valence-corrected chi connectivity index (χ4v) is 2.81. The van der Waals surface area contributed by atoms with Crippen molar-refractivity contribution in [3.8, 4) is 0 Å². The Bertz CT molecular complexity index is 571. The summed E-state index contributed by atoms with van der Waals surface area (Å²) >= 11 is 0. The van der Waals surface area contributed by atoms with Gasteiger partial charge in [-0.25, -0.2) is 0 Å². The number of rotatable bonds is 3. The molecule has 2 N–H and O–H groups in total. The molecule has 0 aromatic heterocycles. The molecule has 1 aliphatic carbocycles. The lowest BCUT2D eigenvalue weighted by Crippen LogP contribution is -2.36. The lowest BCUT2D eigenvalue weighted by molar-refractivity contribution is -0.148. The Hall–Kier alpha value is -2.05. The number of alkyl halides is 3. The van der Waals surface area contributed by atoms with Crippen molar-refractivity contribution in [2.75, 3.05) is 5.32 Å². The average molecular weight is 315 g/mol. The zero-order valence-corrected chi connectivity index (χ0v) is 11.7. The van der Waals surface area contributed by atoms with Crippen molar-refractivity contribution >= 4 is 17.6 Å². The molecule has 0 bridgehead atoms. The molecule has 1 aromatic rings. The predicted molar refractivity (Wildman–Crippen MR) is 73.2 cm³/mol. The molecule has 0 heterocycles. The molecular formula is C15H16F3NO3. The number of carbonyl (C=O) groups excluding carboxylic acids is 1. The van der Waals surface area contributed by atoms with Gasteiger partial charge in [-0.2, -0.15) is 13.2 Å². The first-order valence-electron chi connectivity index (χ1n) is 7.00. The number of nitrogens with one attached hydrogen (secondary N) is 1. The van der Waals surface area contributed by atoms with Gasteiger partial charge in [-0.05, 0) is 25.0 Å². The Kier molecular flexibility index (Phi) is 4.73. The number of aliphatic carboxylic acids is 1. The second kappa shape index (κ2) is 6.37. The first-order valence-corrected chi connectivity index (χ1v) is 7.00. The summed E-state index contributed by atoms with van der Waals surface area (Å²) < 4.78 is 38.7. The van der Waals surface area contributed by atoms with Gasteiger partial charge in [-0.15, -0.1) is 0 Å². The molecule has 0 saturated heterocycles. The standard InChI is InChI=1S/C15H16F3NO3/c16-15(17,18)11-7-3-4-8-12(11)19-13(20)9-5-1-2-6-10(9)14(21)22/h3-4,7-10H,1-2,5-6H2,(H,19,20)(H,21,22)/t9-,10+/m1/s1. The minimum atomic E-state index is -4.58. The summed E-state index contributed by atoms with van der Waals surface area (Å²) in [5.41, 5.74) is -1.28. The minimum absolute atomic E-state index is 0.338. The molecule has 120 valence electrons. The molecule has 0 spiro atoms. The molecular weight excluding hydrogens is 299 g/mol. The van der Waals surface area contributed by atoms with E-state index in [1.807, 2.05) is 0 Å². The molecule has 1 aromatic carbocycles. The minimum Gasteiger partial charge on any atom is -0.481 e. The van der Waals surface area contributed by atoms with Crippen molar-refractivity contribution in [2.24, 2.45) is 11.8 Å². The van der Waals surface area contributed by atoms with Gasteiger partial charge >= 0.3 is 12.1 Å². The van der Waals surface area contributed by atoms with Crippen LogP contribution in [-0.4, -0.2) is 17.0 Å². The number of anilines is 1. The fraction of sp³-hybridized carbons (Fsp3) is 0.467. The van der Waals surface area contributed by atoms with E-state index in [0.717, 1.165) is 6.07 Å². The van der Waals surface area contributed by atoms with Crippen LogP contribution in [-0.2, 0) is 15.8 Å². The Balaban J connectivity index is 2.20. The molecule has 1 aliphatic rings. The highest BCUT2D eigenvalue weighted by Crippen LogP contribution is 2.36. The van der Waals surface area contributed by atoms with E-state index in [0.29, 0.717) is 25.7 Å². The smallest absolute Gasteiger partial charge is 0.418 e.